The van der Waals surface area contributed by atoms with Crippen LogP contribution in [0.4, 0.5) is 10.8 Å². The number of nitrogens with zero attached hydrogens (tertiary/aromatic N) is 3. The number of carbonyl (C=O) groups excluding carboxylic acids is 1. The summed E-state index contributed by atoms with van der Waals surface area (Å²) in [5, 5.41) is 12.4. The van der Waals surface area contributed by atoms with Gasteiger partial charge in [0.05, 0.1) is 5.75 Å². The van der Waals surface area contributed by atoms with E-state index in [4.69, 9.17) is 0 Å². The van der Waals surface area contributed by atoms with Crippen molar-refractivity contribution in [1.82, 2.24) is 15.1 Å². The van der Waals surface area contributed by atoms with Crippen LogP contribution in [0.3, 0.4) is 0 Å². The number of benzene rings is 1. The number of anilines is 2. The predicted molar refractivity (Wildman–Crippen MR) is 105 cm³/mol. The van der Waals surface area contributed by atoms with Crippen LogP contribution in [-0.2, 0) is 11.2 Å². The molecule has 0 atom stereocenters. The highest BCUT2D eigenvalue weighted by Crippen LogP contribution is 2.28. The molecule has 1 aliphatic heterocycles. The molecule has 1 aromatic heterocycles. The summed E-state index contributed by atoms with van der Waals surface area (Å²) in [6.45, 7) is 3.94. The molecule has 0 radical (unpaired) electrons. The summed E-state index contributed by atoms with van der Waals surface area (Å²) >= 11 is 2.97. The highest BCUT2D eigenvalue weighted by molar-refractivity contribution is 8.01. The van der Waals surface area contributed by atoms with Gasteiger partial charge >= 0.3 is 0 Å². The van der Waals surface area contributed by atoms with Gasteiger partial charge in [-0.15, -0.1) is 10.2 Å². The third kappa shape index (κ3) is 5.44. The van der Waals surface area contributed by atoms with Crippen molar-refractivity contribution in [2.45, 2.75) is 43.4 Å². The normalized spacial score (nSPS) is 15.0. The highest BCUT2D eigenvalue weighted by Gasteiger charge is 2.16. The average molecular weight is 377 g/mol. The van der Waals surface area contributed by atoms with Crippen LogP contribution in [0.5, 0.6) is 0 Å². The quantitative estimate of drug-likeness (QED) is 0.760. The molecule has 0 bridgehead atoms. The minimum absolute atomic E-state index is 0.215. The van der Waals surface area contributed by atoms with Crippen LogP contribution in [0.1, 0.15) is 38.2 Å². The summed E-state index contributed by atoms with van der Waals surface area (Å²) in [7, 11) is 0. The third-order valence-electron chi connectivity index (χ3n) is 4.30. The first-order valence-corrected chi connectivity index (χ1v) is 10.6. The number of hydrogen-bond acceptors (Lipinski definition) is 6. The van der Waals surface area contributed by atoms with Gasteiger partial charge in [0.25, 0.3) is 0 Å². The first-order chi connectivity index (χ1) is 12.2. The summed E-state index contributed by atoms with van der Waals surface area (Å²) in [6, 6.07) is 8.32. The molecule has 0 saturated carbocycles. The van der Waals surface area contributed by atoms with Crippen molar-refractivity contribution in [2.75, 3.05) is 24.2 Å². The van der Waals surface area contributed by atoms with Crippen LogP contribution in [0, 0.1) is 0 Å². The van der Waals surface area contributed by atoms with Crippen molar-refractivity contribution in [3.63, 3.8) is 0 Å². The standard InChI is InChI=1S/C18H24N4OS2/c1-2-14-7-9-15(10-8-14)19-17-20-21-18(25-17)24-13-16(23)22-11-5-3-4-6-12-22/h7-10H,2-6,11-13H2,1H3,(H,19,20). The number of nitrogens with one attached hydrogen (secondary N) is 1. The first kappa shape index (κ1) is 18.2. The van der Waals surface area contributed by atoms with E-state index in [-0.39, 0.29) is 5.91 Å². The number of amides is 1. The molecule has 25 heavy (non-hydrogen) atoms. The van der Waals surface area contributed by atoms with E-state index in [1.807, 2.05) is 4.90 Å². The van der Waals surface area contributed by atoms with Gasteiger partial charge in [-0.1, -0.05) is 55.0 Å². The fourth-order valence-corrected chi connectivity index (χ4v) is 4.48. The SMILES string of the molecule is CCc1ccc(Nc2nnc(SCC(=O)N3CCCCCC3)s2)cc1. The van der Waals surface area contributed by atoms with E-state index in [2.05, 4.69) is 46.7 Å². The molecule has 1 fully saturated rings. The second kappa shape index (κ2) is 9.20. The van der Waals surface area contributed by atoms with E-state index in [0.29, 0.717) is 5.75 Å². The fourth-order valence-electron chi connectivity index (χ4n) is 2.80. The Morgan fingerprint density at radius 1 is 1.16 bits per heavy atom. The molecule has 1 aromatic carbocycles. The van der Waals surface area contributed by atoms with Crippen molar-refractivity contribution in [2.24, 2.45) is 0 Å². The van der Waals surface area contributed by atoms with Gasteiger partial charge in [0, 0.05) is 18.8 Å². The van der Waals surface area contributed by atoms with E-state index in [9.17, 15) is 4.79 Å². The maximum absolute atomic E-state index is 12.3. The van der Waals surface area contributed by atoms with Crippen LogP contribution in [0.25, 0.3) is 0 Å². The van der Waals surface area contributed by atoms with Crippen molar-refractivity contribution in [3.05, 3.63) is 29.8 Å². The van der Waals surface area contributed by atoms with Crippen LogP contribution in [0.15, 0.2) is 28.6 Å². The third-order valence-corrected chi connectivity index (χ3v) is 6.25. The Balaban J connectivity index is 1.50. The number of carbonyl (C=O) groups is 1. The van der Waals surface area contributed by atoms with E-state index in [0.717, 1.165) is 47.5 Å². The molecule has 0 aliphatic carbocycles. The van der Waals surface area contributed by atoms with Crippen LogP contribution in [-0.4, -0.2) is 39.8 Å². The second-order valence-corrected chi connectivity index (χ2v) is 8.33. The molecule has 2 aromatic rings. The Morgan fingerprint density at radius 3 is 2.56 bits per heavy atom. The smallest absolute Gasteiger partial charge is 0.233 e. The summed E-state index contributed by atoms with van der Waals surface area (Å²) in [5.41, 5.74) is 2.32. The number of thioether (sulfide) groups is 1. The largest absolute Gasteiger partial charge is 0.342 e. The zero-order chi connectivity index (χ0) is 17.5. The summed E-state index contributed by atoms with van der Waals surface area (Å²) in [4.78, 5) is 14.3. The second-order valence-electron chi connectivity index (χ2n) is 6.13. The van der Waals surface area contributed by atoms with E-state index in [1.54, 1.807) is 0 Å². The Labute approximate surface area is 157 Å². The summed E-state index contributed by atoms with van der Waals surface area (Å²) in [6.07, 6.45) is 5.76. The number of hydrogen-bond donors (Lipinski definition) is 1. The molecule has 1 aliphatic rings. The van der Waals surface area contributed by atoms with Gasteiger partial charge in [0.1, 0.15) is 0 Å². The fraction of sp³-hybridized carbons (Fsp3) is 0.500. The monoisotopic (exact) mass is 376 g/mol. The average Bonchev–Trinajstić information content (AvgIpc) is 2.91. The van der Waals surface area contributed by atoms with E-state index in [1.165, 1.54) is 41.5 Å². The maximum atomic E-state index is 12.3. The topological polar surface area (TPSA) is 58.1 Å². The van der Waals surface area contributed by atoms with Gasteiger partial charge in [-0.05, 0) is 37.0 Å². The van der Waals surface area contributed by atoms with Gasteiger partial charge in [0.15, 0.2) is 4.34 Å². The lowest BCUT2D eigenvalue weighted by Crippen LogP contribution is -2.33. The van der Waals surface area contributed by atoms with Crippen molar-refractivity contribution in [1.29, 1.82) is 0 Å². The zero-order valence-corrected chi connectivity index (χ0v) is 16.2. The first-order valence-electron chi connectivity index (χ1n) is 8.84. The van der Waals surface area contributed by atoms with Crippen LogP contribution >= 0.6 is 23.1 Å². The van der Waals surface area contributed by atoms with Crippen molar-refractivity contribution >= 4 is 39.8 Å². The van der Waals surface area contributed by atoms with Crippen molar-refractivity contribution < 1.29 is 4.79 Å². The van der Waals surface area contributed by atoms with Gasteiger partial charge in [-0.2, -0.15) is 0 Å². The lowest BCUT2D eigenvalue weighted by Gasteiger charge is -2.19. The van der Waals surface area contributed by atoms with Crippen LogP contribution in [0.2, 0.25) is 0 Å². The van der Waals surface area contributed by atoms with E-state index < -0.39 is 0 Å². The number of rotatable bonds is 6. The molecule has 1 N–H and O–H groups in total. The molecule has 0 unspecified atom stereocenters. The highest BCUT2D eigenvalue weighted by atomic mass is 32.2. The number of aromatic nitrogens is 2. The molecule has 134 valence electrons. The number of likely N-dealkylation sites (tertiary alicyclic amines) is 1. The molecule has 7 heteroatoms. The molecule has 1 saturated heterocycles. The maximum Gasteiger partial charge on any atom is 0.233 e. The van der Waals surface area contributed by atoms with Gasteiger partial charge < -0.3 is 10.2 Å². The Hall–Kier alpha value is -1.60. The van der Waals surface area contributed by atoms with Crippen molar-refractivity contribution in [3.8, 4) is 0 Å². The zero-order valence-electron chi connectivity index (χ0n) is 14.5. The Bertz CT molecular complexity index is 679. The lowest BCUT2D eigenvalue weighted by atomic mass is 10.1. The summed E-state index contributed by atoms with van der Waals surface area (Å²) in [5.74, 6) is 0.659. The molecular weight excluding hydrogens is 352 g/mol. The van der Waals surface area contributed by atoms with Gasteiger partial charge in [-0.25, -0.2) is 0 Å². The van der Waals surface area contributed by atoms with E-state index >= 15 is 0 Å². The molecular formula is C18H24N4OS2. The Morgan fingerprint density at radius 2 is 1.88 bits per heavy atom. The minimum Gasteiger partial charge on any atom is -0.342 e. The lowest BCUT2D eigenvalue weighted by molar-refractivity contribution is -0.128. The van der Waals surface area contributed by atoms with Gasteiger partial charge in [0.2, 0.25) is 11.0 Å². The number of aryl methyl sites for hydroxylation is 1. The molecule has 3 rings (SSSR count). The van der Waals surface area contributed by atoms with Gasteiger partial charge in [-0.3, -0.25) is 4.79 Å². The Kier molecular flexibility index (Phi) is 6.69. The van der Waals surface area contributed by atoms with Crippen LogP contribution < -0.4 is 5.32 Å². The minimum atomic E-state index is 0.215. The molecule has 5 nitrogen and oxygen atoms in total. The predicted octanol–water partition coefficient (Wildman–Crippen LogP) is 4.34. The molecule has 1 amide bonds. The molecule has 0 spiro atoms. The molecule has 2 heterocycles. The summed E-state index contributed by atoms with van der Waals surface area (Å²) < 4.78 is 0.829.